The normalized spacial score (nSPS) is 19.0. The second-order valence-corrected chi connectivity index (χ2v) is 10.6. The van der Waals surface area contributed by atoms with Gasteiger partial charge in [0.05, 0.1) is 11.0 Å². The number of para-hydroxylation sites is 1. The minimum absolute atomic E-state index is 0.0816. The van der Waals surface area contributed by atoms with E-state index in [0.717, 1.165) is 10.5 Å². The van der Waals surface area contributed by atoms with Crippen LogP contribution in [0.15, 0.2) is 60.7 Å². The van der Waals surface area contributed by atoms with Crippen LogP contribution in [0.4, 0.5) is 0 Å². The van der Waals surface area contributed by atoms with Crippen LogP contribution in [0.5, 0.6) is 0 Å². The maximum absolute atomic E-state index is 6.41. The van der Waals surface area contributed by atoms with Crippen LogP contribution in [-0.4, -0.2) is 4.57 Å². The van der Waals surface area contributed by atoms with E-state index in [1.807, 2.05) is 6.07 Å². The van der Waals surface area contributed by atoms with Crippen LogP contribution in [0.2, 0.25) is 5.02 Å². The first-order valence-corrected chi connectivity index (χ1v) is 10.8. The Kier molecular flexibility index (Phi) is 3.67. The fourth-order valence-electron chi connectivity index (χ4n) is 5.41. The molecule has 3 aromatic carbocycles. The summed E-state index contributed by atoms with van der Waals surface area (Å²) in [6.45, 7) is 14.4. The third kappa shape index (κ3) is 2.23. The molecule has 1 heterocycles. The molecule has 0 N–H and O–H groups in total. The summed E-state index contributed by atoms with van der Waals surface area (Å²) < 4.78 is 2.37. The van der Waals surface area contributed by atoms with Crippen LogP contribution in [0.1, 0.15) is 52.7 Å². The highest BCUT2D eigenvalue weighted by Crippen LogP contribution is 2.61. The fraction of sp³-hybridized carbons (Fsp3) is 0.333. The predicted molar refractivity (Wildman–Crippen MR) is 126 cm³/mol. The lowest BCUT2D eigenvalue weighted by atomic mass is 9.59. The van der Waals surface area contributed by atoms with E-state index in [9.17, 15) is 0 Å². The lowest BCUT2D eigenvalue weighted by Gasteiger charge is -2.44. The van der Waals surface area contributed by atoms with Crippen molar-refractivity contribution in [2.45, 2.75) is 52.4 Å². The molecule has 0 aliphatic heterocycles. The Morgan fingerprint density at radius 1 is 0.655 bits per heavy atom. The van der Waals surface area contributed by atoms with Gasteiger partial charge < -0.3 is 4.57 Å². The zero-order valence-electron chi connectivity index (χ0n) is 18.1. The van der Waals surface area contributed by atoms with Gasteiger partial charge in [-0.1, -0.05) is 83.5 Å². The fourth-order valence-corrected chi connectivity index (χ4v) is 5.58. The lowest BCUT2D eigenvalue weighted by Crippen LogP contribution is -2.42. The van der Waals surface area contributed by atoms with Crippen molar-refractivity contribution in [3.63, 3.8) is 0 Å². The molecule has 29 heavy (non-hydrogen) atoms. The van der Waals surface area contributed by atoms with E-state index in [2.05, 4.69) is 101 Å². The molecule has 0 amide bonds. The smallest absolute Gasteiger partial charge is 0.0555 e. The van der Waals surface area contributed by atoms with E-state index in [-0.39, 0.29) is 16.2 Å². The number of benzene rings is 3. The van der Waals surface area contributed by atoms with Crippen molar-refractivity contribution in [2.24, 2.45) is 5.41 Å². The monoisotopic (exact) mass is 401 g/mol. The van der Waals surface area contributed by atoms with Gasteiger partial charge in [-0.25, -0.2) is 0 Å². The maximum Gasteiger partial charge on any atom is 0.0555 e. The zero-order valence-corrected chi connectivity index (χ0v) is 18.9. The summed E-state index contributed by atoms with van der Waals surface area (Å²) in [4.78, 5) is 0. The largest absolute Gasteiger partial charge is 0.309 e. The molecule has 1 aliphatic rings. The van der Waals surface area contributed by atoms with Gasteiger partial charge in [0.1, 0.15) is 0 Å². The number of fused-ring (bicyclic) bond motifs is 4. The van der Waals surface area contributed by atoms with Crippen molar-refractivity contribution in [2.75, 3.05) is 0 Å². The molecule has 0 saturated heterocycles. The molecule has 0 spiro atoms. The summed E-state index contributed by atoms with van der Waals surface area (Å²) in [5, 5.41) is 3.27. The standard InChI is InChI=1S/C27H28ClN/c1-25(2)21-14-12-18(16-22(21)26(3,4)27(25,5)6)29-23-10-8-7-9-19(23)20-13-11-17(28)15-24(20)29/h7-16H,1-6H3. The number of hydrogen-bond acceptors (Lipinski definition) is 0. The Hall–Kier alpha value is -2.25. The van der Waals surface area contributed by atoms with Crippen LogP contribution in [0.25, 0.3) is 27.5 Å². The first kappa shape index (κ1) is 18.8. The molecule has 1 aromatic heterocycles. The molecule has 0 fully saturated rings. The van der Waals surface area contributed by atoms with Gasteiger partial charge in [0.15, 0.2) is 0 Å². The number of hydrogen-bond donors (Lipinski definition) is 0. The number of halogens is 1. The van der Waals surface area contributed by atoms with Crippen molar-refractivity contribution in [3.05, 3.63) is 76.8 Å². The molecule has 5 rings (SSSR count). The van der Waals surface area contributed by atoms with E-state index in [1.54, 1.807) is 0 Å². The van der Waals surface area contributed by atoms with Gasteiger partial charge in [-0.3, -0.25) is 0 Å². The highest BCUT2D eigenvalue weighted by molar-refractivity contribution is 6.31. The van der Waals surface area contributed by atoms with Gasteiger partial charge in [0.25, 0.3) is 0 Å². The average molecular weight is 402 g/mol. The summed E-state index contributed by atoms with van der Waals surface area (Å²) in [5.74, 6) is 0. The zero-order chi connectivity index (χ0) is 20.8. The molecule has 0 saturated carbocycles. The Bertz CT molecular complexity index is 1290. The number of aromatic nitrogens is 1. The van der Waals surface area contributed by atoms with Crippen LogP contribution in [0, 0.1) is 5.41 Å². The van der Waals surface area contributed by atoms with Crippen molar-refractivity contribution < 1.29 is 0 Å². The molecular formula is C27H28ClN. The highest BCUT2D eigenvalue weighted by atomic mass is 35.5. The van der Waals surface area contributed by atoms with Crippen LogP contribution in [0.3, 0.4) is 0 Å². The minimum Gasteiger partial charge on any atom is -0.309 e. The van der Waals surface area contributed by atoms with Gasteiger partial charge in [0, 0.05) is 21.5 Å². The van der Waals surface area contributed by atoms with Gasteiger partial charge in [0.2, 0.25) is 0 Å². The first-order chi connectivity index (χ1) is 13.6. The lowest BCUT2D eigenvalue weighted by molar-refractivity contribution is 0.125. The summed E-state index contributed by atoms with van der Waals surface area (Å²) in [7, 11) is 0. The summed E-state index contributed by atoms with van der Waals surface area (Å²) in [5.41, 5.74) is 6.87. The third-order valence-corrected chi connectivity index (χ3v) is 8.60. The molecule has 0 unspecified atom stereocenters. The van der Waals surface area contributed by atoms with E-state index in [1.165, 1.54) is 33.1 Å². The Morgan fingerprint density at radius 2 is 1.31 bits per heavy atom. The second kappa shape index (κ2) is 5.67. The quantitative estimate of drug-likeness (QED) is 0.304. The van der Waals surface area contributed by atoms with Gasteiger partial charge in [-0.15, -0.1) is 0 Å². The average Bonchev–Trinajstić information content (AvgIpc) is 3.04. The molecule has 1 aliphatic carbocycles. The van der Waals surface area contributed by atoms with Crippen LogP contribution < -0.4 is 0 Å². The summed E-state index contributed by atoms with van der Waals surface area (Å²) in [6, 6.07) is 21.9. The van der Waals surface area contributed by atoms with Crippen molar-refractivity contribution in [1.29, 1.82) is 0 Å². The number of rotatable bonds is 1. The van der Waals surface area contributed by atoms with Crippen molar-refractivity contribution in [1.82, 2.24) is 4.57 Å². The SMILES string of the molecule is CC1(C)c2ccc(-n3c4ccccc4c4ccc(Cl)cc43)cc2C(C)(C)C1(C)C. The Balaban J connectivity index is 1.86. The van der Waals surface area contributed by atoms with E-state index >= 15 is 0 Å². The Morgan fingerprint density at radius 3 is 2.07 bits per heavy atom. The van der Waals surface area contributed by atoms with Gasteiger partial charge in [-0.2, -0.15) is 0 Å². The molecule has 2 heteroatoms. The predicted octanol–water partition coefficient (Wildman–Crippen LogP) is 8.03. The van der Waals surface area contributed by atoms with Gasteiger partial charge in [-0.05, 0) is 57.7 Å². The first-order valence-electron chi connectivity index (χ1n) is 10.4. The van der Waals surface area contributed by atoms with E-state index in [0.29, 0.717) is 0 Å². The van der Waals surface area contributed by atoms with Crippen LogP contribution in [-0.2, 0) is 10.8 Å². The molecule has 148 valence electrons. The highest BCUT2D eigenvalue weighted by Gasteiger charge is 2.56. The molecular weight excluding hydrogens is 374 g/mol. The topological polar surface area (TPSA) is 4.93 Å². The third-order valence-electron chi connectivity index (χ3n) is 8.37. The maximum atomic E-state index is 6.41. The molecule has 0 bridgehead atoms. The Labute approximate surface area is 178 Å². The minimum atomic E-state index is 0.0816. The molecule has 4 aromatic rings. The number of nitrogens with zero attached hydrogens (tertiary/aromatic N) is 1. The second-order valence-electron chi connectivity index (χ2n) is 10.1. The van der Waals surface area contributed by atoms with Crippen molar-refractivity contribution in [3.8, 4) is 5.69 Å². The van der Waals surface area contributed by atoms with Crippen LogP contribution >= 0.6 is 11.6 Å². The van der Waals surface area contributed by atoms with E-state index in [4.69, 9.17) is 11.6 Å². The molecule has 0 radical (unpaired) electrons. The molecule has 1 nitrogen and oxygen atoms in total. The summed E-state index contributed by atoms with van der Waals surface area (Å²) in [6.07, 6.45) is 0. The van der Waals surface area contributed by atoms with Gasteiger partial charge >= 0.3 is 0 Å². The summed E-state index contributed by atoms with van der Waals surface area (Å²) >= 11 is 6.41. The van der Waals surface area contributed by atoms with E-state index < -0.39 is 0 Å². The van der Waals surface area contributed by atoms with Crippen molar-refractivity contribution >= 4 is 33.4 Å². The molecule has 0 atom stereocenters.